The van der Waals surface area contributed by atoms with Crippen LogP contribution < -0.4 is 10.2 Å². The standard InChI is InChI=1S/C22H24N4OS/c1-16-8-10-17(11-9-16)26-21(19-7-5-13-25(19)14-15-27-2)20(24-22(26)28)18-6-3-4-12-23-18/h3-13,20-21H,14-15H2,1-2H3,(H,24,28)/t20-,21-/m0/s1. The van der Waals surface area contributed by atoms with Gasteiger partial charge in [-0.25, -0.2) is 0 Å². The lowest BCUT2D eigenvalue weighted by atomic mass is 10.0. The van der Waals surface area contributed by atoms with E-state index in [-0.39, 0.29) is 12.1 Å². The highest BCUT2D eigenvalue weighted by Crippen LogP contribution is 2.41. The Bertz CT molecular complexity index is 939. The fraction of sp³-hybridized carbons (Fsp3) is 0.273. The van der Waals surface area contributed by atoms with Crippen LogP contribution in [0.3, 0.4) is 0 Å². The molecule has 0 aliphatic carbocycles. The van der Waals surface area contributed by atoms with E-state index in [4.69, 9.17) is 17.0 Å². The van der Waals surface area contributed by atoms with E-state index in [0.29, 0.717) is 11.7 Å². The molecule has 0 spiro atoms. The van der Waals surface area contributed by atoms with Gasteiger partial charge < -0.3 is 19.5 Å². The molecule has 1 aliphatic heterocycles. The maximum absolute atomic E-state index is 5.77. The van der Waals surface area contributed by atoms with Gasteiger partial charge in [0.15, 0.2) is 5.11 Å². The lowest BCUT2D eigenvalue weighted by molar-refractivity contribution is 0.186. The molecule has 4 rings (SSSR count). The number of aromatic nitrogens is 2. The number of hydrogen-bond donors (Lipinski definition) is 1. The molecule has 3 aromatic rings. The van der Waals surface area contributed by atoms with Crippen LogP contribution in [0, 0.1) is 6.92 Å². The van der Waals surface area contributed by atoms with E-state index in [1.165, 1.54) is 11.3 Å². The lowest BCUT2D eigenvalue weighted by Gasteiger charge is -2.29. The van der Waals surface area contributed by atoms with Gasteiger partial charge in [-0.15, -0.1) is 0 Å². The second kappa shape index (κ2) is 8.12. The molecular weight excluding hydrogens is 368 g/mol. The first kappa shape index (κ1) is 18.7. The number of anilines is 1. The van der Waals surface area contributed by atoms with Crippen LogP contribution in [0.15, 0.2) is 67.0 Å². The first-order valence-electron chi connectivity index (χ1n) is 9.40. The summed E-state index contributed by atoms with van der Waals surface area (Å²) >= 11 is 5.77. The Balaban J connectivity index is 1.80. The van der Waals surface area contributed by atoms with Crippen LogP contribution in [0.4, 0.5) is 5.69 Å². The van der Waals surface area contributed by atoms with Crippen LogP contribution in [0.25, 0.3) is 0 Å². The summed E-state index contributed by atoms with van der Waals surface area (Å²) in [5, 5.41) is 4.22. The first-order valence-corrected chi connectivity index (χ1v) is 9.81. The quantitative estimate of drug-likeness (QED) is 0.642. The summed E-state index contributed by atoms with van der Waals surface area (Å²) in [5.74, 6) is 0. The van der Waals surface area contributed by atoms with Crippen molar-refractivity contribution >= 4 is 23.0 Å². The molecule has 28 heavy (non-hydrogen) atoms. The molecule has 1 fully saturated rings. The Morgan fingerprint density at radius 3 is 2.64 bits per heavy atom. The predicted molar refractivity (Wildman–Crippen MR) is 115 cm³/mol. The molecule has 2 atom stereocenters. The minimum Gasteiger partial charge on any atom is -0.383 e. The Morgan fingerprint density at radius 2 is 1.93 bits per heavy atom. The lowest BCUT2D eigenvalue weighted by Crippen LogP contribution is -2.30. The van der Waals surface area contributed by atoms with E-state index in [0.717, 1.165) is 17.9 Å². The molecule has 1 aromatic carbocycles. The highest BCUT2D eigenvalue weighted by Gasteiger charge is 2.41. The molecule has 1 saturated heterocycles. The molecule has 3 heterocycles. The largest absolute Gasteiger partial charge is 0.383 e. The van der Waals surface area contributed by atoms with Crippen LogP contribution in [-0.2, 0) is 11.3 Å². The number of rotatable bonds is 6. The van der Waals surface area contributed by atoms with Crippen LogP contribution in [0.5, 0.6) is 0 Å². The van der Waals surface area contributed by atoms with E-state index in [1.807, 2.05) is 24.4 Å². The van der Waals surface area contributed by atoms with E-state index < -0.39 is 0 Å². The molecule has 2 aromatic heterocycles. The van der Waals surface area contributed by atoms with Gasteiger partial charge in [0.2, 0.25) is 0 Å². The zero-order valence-corrected chi connectivity index (χ0v) is 16.9. The van der Waals surface area contributed by atoms with Crippen molar-refractivity contribution in [2.75, 3.05) is 18.6 Å². The summed E-state index contributed by atoms with van der Waals surface area (Å²) in [7, 11) is 1.73. The van der Waals surface area contributed by atoms with Crippen LogP contribution in [0.1, 0.15) is 29.0 Å². The van der Waals surface area contributed by atoms with Gasteiger partial charge in [0.05, 0.1) is 18.3 Å². The highest BCUT2D eigenvalue weighted by molar-refractivity contribution is 7.80. The van der Waals surface area contributed by atoms with E-state index in [1.54, 1.807) is 7.11 Å². The number of ether oxygens (including phenoxy) is 1. The van der Waals surface area contributed by atoms with Gasteiger partial charge in [-0.2, -0.15) is 0 Å². The number of aryl methyl sites for hydroxylation is 1. The van der Waals surface area contributed by atoms with Gasteiger partial charge in [-0.05, 0) is 55.5 Å². The van der Waals surface area contributed by atoms with Gasteiger partial charge in [0, 0.05) is 37.4 Å². The third-order valence-corrected chi connectivity index (χ3v) is 5.43. The van der Waals surface area contributed by atoms with Crippen molar-refractivity contribution in [3.8, 4) is 0 Å². The summed E-state index contributed by atoms with van der Waals surface area (Å²) in [5.41, 5.74) is 4.46. The molecule has 6 heteroatoms. The van der Waals surface area contributed by atoms with Gasteiger partial charge in [0.25, 0.3) is 0 Å². The normalized spacial score (nSPS) is 19.1. The molecule has 0 amide bonds. The molecule has 1 N–H and O–H groups in total. The Hall–Kier alpha value is -2.70. The topological polar surface area (TPSA) is 42.3 Å². The summed E-state index contributed by atoms with van der Waals surface area (Å²) < 4.78 is 7.54. The van der Waals surface area contributed by atoms with Crippen molar-refractivity contribution < 1.29 is 4.74 Å². The zero-order valence-electron chi connectivity index (χ0n) is 16.1. The molecule has 5 nitrogen and oxygen atoms in total. The zero-order chi connectivity index (χ0) is 19.5. The van der Waals surface area contributed by atoms with Crippen molar-refractivity contribution in [3.05, 3.63) is 83.9 Å². The maximum atomic E-state index is 5.77. The van der Waals surface area contributed by atoms with Crippen LogP contribution >= 0.6 is 12.2 Å². The second-order valence-electron chi connectivity index (χ2n) is 6.95. The number of nitrogens with zero attached hydrogens (tertiary/aromatic N) is 3. The van der Waals surface area contributed by atoms with Crippen molar-refractivity contribution in [2.24, 2.45) is 0 Å². The third-order valence-electron chi connectivity index (χ3n) is 5.11. The average Bonchev–Trinajstić information content (AvgIpc) is 3.31. The van der Waals surface area contributed by atoms with Crippen molar-refractivity contribution in [1.82, 2.24) is 14.9 Å². The highest BCUT2D eigenvalue weighted by atomic mass is 32.1. The fourth-order valence-electron chi connectivity index (χ4n) is 3.73. The van der Waals surface area contributed by atoms with Crippen molar-refractivity contribution in [3.63, 3.8) is 0 Å². The number of methoxy groups -OCH3 is 1. The molecule has 0 bridgehead atoms. The predicted octanol–water partition coefficient (Wildman–Crippen LogP) is 4.02. The number of hydrogen-bond acceptors (Lipinski definition) is 3. The molecule has 0 radical (unpaired) electrons. The van der Waals surface area contributed by atoms with Gasteiger partial charge >= 0.3 is 0 Å². The number of nitrogens with one attached hydrogen (secondary N) is 1. The van der Waals surface area contributed by atoms with E-state index in [2.05, 4.69) is 69.3 Å². The summed E-state index contributed by atoms with van der Waals surface area (Å²) in [6.07, 6.45) is 3.92. The Kier molecular flexibility index (Phi) is 5.41. The van der Waals surface area contributed by atoms with Crippen LogP contribution in [-0.4, -0.2) is 28.4 Å². The van der Waals surface area contributed by atoms with Crippen molar-refractivity contribution in [1.29, 1.82) is 0 Å². The summed E-state index contributed by atoms with van der Waals surface area (Å²) in [6, 6.07) is 18.7. The molecule has 0 saturated carbocycles. The smallest absolute Gasteiger partial charge is 0.174 e. The van der Waals surface area contributed by atoms with Crippen LogP contribution in [0.2, 0.25) is 0 Å². The number of pyridine rings is 1. The van der Waals surface area contributed by atoms with Crippen molar-refractivity contribution in [2.45, 2.75) is 25.6 Å². The Morgan fingerprint density at radius 1 is 1.11 bits per heavy atom. The fourth-order valence-corrected chi connectivity index (χ4v) is 4.07. The number of benzene rings is 1. The SMILES string of the molecule is COCCn1cccc1[C@H]1[C@H](c2ccccn2)NC(=S)N1c1ccc(C)cc1. The molecule has 0 unspecified atom stereocenters. The molecule has 144 valence electrons. The monoisotopic (exact) mass is 392 g/mol. The summed E-state index contributed by atoms with van der Waals surface area (Å²) in [4.78, 5) is 6.81. The van der Waals surface area contributed by atoms with Gasteiger partial charge in [0.1, 0.15) is 6.04 Å². The minimum atomic E-state index is -0.0359. The van der Waals surface area contributed by atoms with Gasteiger partial charge in [-0.1, -0.05) is 23.8 Å². The first-order chi connectivity index (χ1) is 13.7. The summed E-state index contributed by atoms with van der Waals surface area (Å²) in [6.45, 7) is 3.54. The third kappa shape index (κ3) is 3.53. The second-order valence-corrected chi connectivity index (χ2v) is 7.34. The van der Waals surface area contributed by atoms with E-state index in [9.17, 15) is 0 Å². The molecule has 1 aliphatic rings. The minimum absolute atomic E-state index is 0.00281. The van der Waals surface area contributed by atoms with Gasteiger partial charge in [-0.3, -0.25) is 4.98 Å². The number of thiocarbonyl (C=S) groups is 1. The average molecular weight is 393 g/mol. The Labute approximate surface area is 171 Å². The maximum Gasteiger partial charge on any atom is 0.174 e. The molecular formula is C22H24N4OS. The van der Waals surface area contributed by atoms with E-state index >= 15 is 0 Å².